The fourth-order valence-electron chi connectivity index (χ4n) is 3.05. The number of hydrazone groups is 1. The SMILES string of the molecule is Oc1ccccc1[C@@H]1CC(c2cccnc2)=NN1c1ccccc1. The Bertz CT molecular complexity index is 862. The van der Waals surface area contributed by atoms with E-state index in [0.717, 1.165) is 28.9 Å². The maximum absolute atomic E-state index is 10.3. The van der Waals surface area contributed by atoms with Crippen molar-refractivity contribution < 1.29 is 5.11 Å². The van der Waals surface area contributed by atoms with E-state index in [9.17, 15) is 5.11 Å². The Morgan fingerprint density at radius 2 is 1.71 bits per heavy atom. The highest BCUT2D eigenvalue weighted by Gasteiger charge is 2.31. The summed E-state index contributed by atoms with van der Waals surface area (Å²) in [5.41, 5.74) is 3.87. The van der Waals surface area contributed by atoms with Crippen LogP contribution in [0.1, 0.15) is 23.6 Å². The van der Waals surface area contributed by atoms with Gasteiger partial charge in [-0.1, -0.05) is 42.5 Å². The Morgan fingerprint density at radius 3 is 2.46 bits per heavy atom. The number of para-hydroxylation sites is 2. The minimum atomic E-state index is -0.0381. The third-order valence-corrected chi connectivity index (χ3v) is 4.22. The van der Waals surface area contributed by atoms with Gasteiger partial charge >= 0.3 is 0 Å². The number of phenolic OH excluding ortho intramolecular Hbond substituents is 1. The molecule has 2 aromatic carbocycles. The molecule has 0 amide bonds. The standard InChI is InChI=1S/C20H17N3O/c24-20-11-5-4-10-17(20)19-13-18(15-7-6-12-21-14-15)22-23(19)16-8-2-1-3-9-16/h1-12,14,19,24H,13H2/t19-/m0/s1. The van der Waals surface area contributed by atoms with Crippen LogP contribution in [0.4, 0.5) is 5.69 Å². The topological polar surface area (TPSA) is 48.7 Å². The van der Waals surface area contributed by atoms with Crippen LogP contribution in [0.15, 0.2) is 84.2 Å². The highest BCUT2D eigenvalue weighted by atomic mass is 16.3. The number of anilines is 1. The Labute approximate surface area is 140 Å². The van der Waals surface area contributed by atoms with E-state index in [1.165, 1.54) is 0 Å². The zero-order chi connectivity index (χ0) is 16.4. The second kappa shape index (κ2) is 6.16. The molecular formula is C20H17N3O. The predicted molar refractivity (Wildman–Crippen MR) is 95.2 cm³/mol. The fourth-order valence-corrected chi connectivity index (χ4v) is 3.05. The number of aromatic hydroxyl groups is 1. The monoisotopic (exact) mass is 315 g/mol. The largest absolute Gasteiger partial charge is 0.508 e. The molecule has 0 spiro atoms. The van der Waals surface area contributed by atoms with Crippen molar-refractivity contribution in [2.45, 2.75) is 12.5 Å². The summed E-state index contributed by atoms with van der Waals surface area (Å²) in [4.78, 5) is 4.19. The predicted octanol–water partition coefficient (Wildman–Crippen LogP) is 4.14. The van der Waals surface area contributed by atoms with Crippen LogP contribution in [0.25, 0.3) is 0 Å². The van der Waals surface area contributed by atoms with Crippen molar-refractivity contribution in [3.63, 3.8) is 0 Å². The van der Waals surface area contributed by atoms with Gasteiger partial charge in [0.25, 0.3) is 0 Å². The lowest BCUT2D eigenvalue weighted by Gasteiger charge is -2.24. The Balaban J connectivity index is 1.78. The summed E-state index contributed by atoms with van der Waals surface area (Å²) >= 11 is 0. The lowest BCUT2D eigenvalue weighted by molar-refractivity contribution is 0.461. The molecular weight excluding hydrogens is 298 g/mol. The number of hydrogen-bond acceptors (Lipinski definition) is 4. The quantitative estimate of drug-likeness (QED) is 0.790. The Hall–Kier alpha value is -3.14. The van der Waals surface area contributed by atoms with Gasteiger partial charge in [-0.15, -0.1) is 0 Å². The lowest BCUT2D eigenvalue weighted by Crippen LogP contribution is -2.18. The molecule has 1 aliphatic rings. The van der Waals surface area contributed by atoms with Crippen molar-refractivity contribution in [3.8, 4) is 5.75 Å². The van der Waals surface area contributed by atoms with Crippen LogP contribution in [0.2, 0.25) is 0 Å². The molecule has 0 aliphatic carbocycles. The molecule has 0 saturated heterocycles. The van der Waals surface area contributed by atoms with Gasteiger partial charge in [0, 0.05) is 29.9 Å². The van der Waals surface area contributed by atoms with Crippen molar-refractivity contribution in [2.24, 2.45) is 5.10 Å². The smallest absolute Gasteiger partial charge is 0.120 e. The van der Waals surface area contributed by atoms with Gasteiger partial charge < -0.3 is 5.11 Å². The van der Waals surface area contributed by atoms with Crippen LogP contribution >= 0.6 is 0 Å². The van der Waals surface area contributed by atoms with Gasteiger partial charge in [-0.3, -0.25) is 9.99 Å². The lowest BCUT2D eigenvalue weighted by atomic mass is 9.98. The summed E-state index contributed by atoms with van der Waals surface area (Å²) in [6.07, 6.45) is 4.31. The molecule has 4 rings (SSSR count). The molecule has 1 aromatic heterocycles. The van der Waals surface area contributed by atoms with E-state index in [0.29, 0.717) is 5.75 Å². The first-order chi connectivity index (χ1) is 11.8. The molecule has 0 radical (unpaired) electrons. The number of benzene rings is 2. The summed E-state index contributed by atoms with van der Waals surface area (Å²) in [5, 5.41) is 17.1. The number of phenols is 1. The fraction of sp³-hybridized carbons (Fsp3) is 0.100. The minimum absolute atomic E-state index is 0.0381. The molecule has 0 fully saturated rings. The minimum Gasteiger partial charge on any atom is -0.508 e. The van der Waals surface area contributed by atoms with E-state index in [2.05, 4.69) is 4.98 Å². The number of rotatable bonds is 3. The maximum atomic E-state index is 10.3. The van der Waals surface area contributed by atoms with Crippen LogP contribution in [-0.4, -0.2) is 15.8 Å². The van der Waals surface area contributed by atoms with Gasteiger partial charge in [-0.05, 0) is 24.3 Å². The molecule has 4 heteroatoms. The highest BCUT2D eigenvalue weighted by molar-refractivity contribution is 6.03. The van der Waals surface area contributed by atoms with Crippen molar-refractivity contribution in [1.29, 1.82) is 0 Å². The molecule has 3 aromatic rings. The van der Waals surface area contributed by atoms with Crippen LogP contribution in [-0.2, 0) is 0 Å². The van der Waals surface area contributed by atoms with Gasteiger partial charge in [0.1, 0.15) is 5.75 Å². The zero-order valence-electron chi connectivity index (χ0n) is 13.1. The van der Waals surface area contributed by atoms with E-state index in [1.807, 2.05) is 71.9 Å². The van der Waals surface area contributed by atoms with Gasteiger partial charge in [-0.25, -0.2) is 0 Å². The molecule has 24 heavy (non-hydrogen) atoms. The second-order valence-corrected chi connectivity index (χ2v) is 5.75. The van der Waals surface area contributed by atoms with Crippen molar-refractivity contribution in [2.75, 3.05) is 5.01 Å². The Morgan fingerprint density at radius 1 is 0.917 bits per heavy atom. The van der Waals surface area contributed by atoms with Crippen molar-refractivity contribution in [3.05, 3.63) is 90.3 Å². The molecule has 4 nitrogen and oxygen atoms in total. The maximum Gasteiger partial charge on any atom is 0.120 e. The summed E-state index contributed by atoms with van der Waals surface area (Å²) < 4.78 is 0. The summed E-state index contributed by atoms with van der Waals surface area (Å²) in [5.74, 6) is 0.297. The van der Waals surface area contributed by atoms with E-state index in [-0.39, 0.29) is 6.04 Å². The van der Waals surface area contributed by atoms with Crippen molar-refractivity contribution >= 4 is 11.4 Å². The van der Waals surface area contributed by atoms with E-state index in [4.69, 9.17) is 5.10 Å². The van der Waals surface area contributed by atoms with Crippen molar-refractivity contribution in [1.82, 2.24) is 4.98 Å². The molecule has 1 N–H and O–H groups in total. The van der Waals surface area contributed by atoms with Gasteiger partial charge in [0.05, 0.1) is 17.4 Å². The van der Waals surface area contributed by atoms with Gasteiger partial charge in [-0.2, -0.15) is 5.10 Å². The first-order valence-electron chi connectivity index (χ1n) is 7.93. The average Bonchev–Trinajstić information content (AvgIpc) is 3.09. The van der Waals surface area contributed by atoms with Gasteiger partial charge in [0.15, 0.2) is 0 Å². The molecule has 0 unspecified atom stereocenters. The third kappa shape index (κ3) is 2.63. The number of aromatic nitrogens is 1. The average molecular weight is 315 g/mol. The first-order valence-corrected chi connectivity index (χ1v) is 7.93. The summed E-state index contributed by atoms with van der Waals surface area (Å²) in [6, 6.07) is 21.4. The molecule has 1 atom stereocenters. The number of nitrogens with zero attached hydrogens (tertiary/aromatic N) is 3. The molecule has 118 valence electrons. The van der Waals surface area contributed by atoms with E-state index < -0.39 is 0 Å². The van der Waals surface area contributed by atoms with E-state index >= 15 is 0 Å². The first kappa shape index (κ1) is 14.5. The number of pyridine rings is 1. The van der Waals surface area contributed by atoms with E-state index in [1.54, 1.807) is 12.3 Å². The summed E-state index contributed by atoms with van der Waals surface area (Å²) in [7, 11) is 0. The molecule has 0 bridgehead atoms. The molecule has 1 aliphatic heterocycles. The van der Waals surface area contributed by atoms with Crippen LogP contribution in [0, 0.1) is 0 Å². The highest BCUT2D eigenvalue weighted by Crippen LogP contribution is 2.39. The molecule has 0 saturated carbocycles. The second-order valence-electron chi connectivity index (χ2n) is 5.75. The normalized spacial score (nSPS) is 16.9. The van der Waals surface area contributed by atoms with Crippen LogP contribution in [0.5, 0.6) is 5.75 Å². The Kier molecular flexibility index (Phi) is 3.71. The number of hydrogen-bond donors (Lipinski definition) is 1. The summed E-state index contributed by atoms with van der Waals surface area (Å²) in [6.45, 7) is 0. The zero-order valence-corrected chi connectivity index (χ0v) is 13.1. The molecule has 2 heterocycles. The van der Waals surface area contributed by atoms with Gasteiger partial charge in [0.2, 0.25) is 0 Å². The van der Waals surface area contributed by atoms with Crippen LogP contribution in [0.3, 0.4) is 0 Å². The van der Waals surface area contributed by atoms with Crippen LogP contribution < -0.4 is 5.01 Å². The third-order valence-electron chi connectivity index (χ3n) is 4.22.